The van der Waals surface area contributed by atoms with E-state index in [2.05, 4.69) is 4.90 Å². The Bertz CT molecular complexity index is 348. The van der Waals surface area contributed by atoms with Gasteiger partial charge in [-0.2, -0.15) is 0 Å². The zero-order valence-corrected chi connectivity index (χ0v) is 10.6. The Morgan fingerprint density at radius 2 is 1.94 bits per heavy atom. The molecule has 0 bridgehead atoms. The van der Waals surface area contributed by atoms with Crippen LogP contribution in [0.2, 0.25) is 10.0 Å². The zero-order chi connectivity index (χ0) is 11.5. The molecule has 1 aliphatic rings. The van der Waals surface area contributed by atoms with E-state index in [4.69, 9.17) is 28.9 Å². The molecule has 0 aliphatic carbocycles. The second-order valence-electron chi connectivity index (χ2n) is 4.42. The number of hydrogen-bond donors (Lipinski definition) is 1. The van der Waals surface area contributed by atoms with Gasteiger partial charge < -0.3 is 5.73 Å². The monoisotopic (exact) mass is 258 g/mol. The molecule has 2 nitrogen and oxygen atoms in total. The summed E-state index contributed by atoms with van der Waals surface area (Å²) in [6.07, 6.45) is 2.31. The minimum Gasteiger partial charge on any atom is -0.327 e. The highest BCUT2D eigenvalue weighted by Gasteiger charge is 2.16. The quantitative estimate of drug-likeness (QED) is 0.884. The molecule has 16 heavy (non-hydrogen) atoms. The van der Waals surface area contributed by atoms with Gasteiger partial charge in [0.1, 0.15) is 0 Å². The highest BCUT2D eigenvalue weighted by atomic mass is 35.5. The van der Waals surface area contributed by atoms with Crippen LogP contribution in [0.15, 0.2) is 18.2 Å². The molecule has 1 aliphatic heterocycles. The second kappa shape index (κ2) is 5.37. The van der Waals surface area contributed by atoms with Crippen molar-refractivity contribution in [3.8, 4) is 0 Å². The van der Waals surface area contributed by atoms with E-state index in [1.165, 1.54) is 6.42 Å². The molecule has 88 valence electrons. The first kappa shape index (κ1) is 12.2. The minimum atomic E-state index is 0.309. The van der Waals surface area contributed by atoms with Crippen LogP contribution in [0.1, 0.15) is 18.4 Å². The van der Waals surface area contributed by atoms with Crippen molar-refractivity contribution in [3.05, 3.63) is 33.8 Å². The molecule has 0 unspecified atom stereocenters. The van der Waals surface area contributed by atoms with E-state index in [0.29, 0.717) is 16.1 Å². The predicted molar refractivity (Wildman–Crippen MR) is 68.9 cm³/mol. The number of likely N-dealkylation sites (tertiary alicyclic amines) is 1. The molecule has 1 aromatic rings. The van der Waals surface area contributed by atoms with Crippen molar-refractivity contribution in [2.45, 2.75) is 25.4 Å². The van der Waals surface area contributed by atoms with Crippen LogP contribution in [-0.2, 0) is 6.54 Å². The summed E-state index contributed by atoms with van der Waals surface area (Å²) in [5.41, 5.74) is 7.10. The highest BCUT2D eigenvalue weighted by molar-refractivity contribution is 6.34. The van der Waals surface area contributed by atoms with Crippen LogP contribution in [-0.4, -0.2) is 24.0 Å². The van der Waals surface area contributed by atoms with Crippen LogP contribution in [0, 0.1) is 0 Å². The number of rotatable bonds is 2. The van der Waals surface area contributed by atoms with E-state index in [1.54, 1.807) is 6.07 Å². The lowest BCUT2D eigenvalue weighted by Crippen LogP contribution is -2.42. The third-order valence-electron chi connectivity index (χ3n) is 2.87. The van der Waals surface area contributed by atoms with Gasteiger partial charge in [0.2, 0.25) is 0 Å². The van der Waals surface area contributed by atoms with Gasteiger partial charge in [0.25, 0.3) is 0 Å². The summed E-state index contributed by atoms with van der Waals surface area (Å²) in [6.45, 7) is 2.95. The lowest BCUT2D eigenvalue weighted by molar-refractivity contribution is 0.201. The molecule has 0 spiro atoms. The van der Waals surface area contributed by atoms with Gasteiger partial charge in [0, 0.05) is 29.2 Å². The lowest BCUT2D eigenvalue weighted by Gasteiger charge is -2.30. The Morgan fingerprint density at radius 1 is 1.25 bits per heavy atom. The summed E-state index contributed by atoms with van der Waals surface area (Å²) in [7, 11) is 0. The van der Waals surface area contributed by atoms with Crippen molar-refractivity contribution in [2.24, 2.45) is 5.73 Å². The van der Waals surface area contributed by atoms with E-state index < -0.39 is 0 Å². The maximum absolute atomic E-state index is 5.97. The topological polar surface area (TPSA) is 29.3 Å². The number of benzene rings is 1. The molecule has 1 fully saturated rings. The molecular formula is C12H16Cl2N2. The minimum absolute atomic E-state index is 0.309. The standard InChI is InChI=1S/C12H16Cl2N2/c13-10-4-9(5-11(14)6-10)7-16-3-1-2-12(15)8-16/h4-6,12H,1-3,7-8,15H2/t12-/m1/s1. The van der Waals surface area contributed by atoms with E-state index in [0.717, 1.165) is 31.6 Å². The highest BCUT2D eigenvalue weighted by Crippen LogP contribution is 2.21. The average molecular weight is 259 g/mol. The van der Waals surface area contributed by atoms with Crippen LogP contribution < -0.4 is 5.73 Å². The number of nitrogens with zero attached hydrogens (tertiary/aromatic N) is 1. The summed E-state index contributed by atoms with van der Waals surface area (Å²) >= 11 is 11.9. The summed E-state index contributed by atoms with van der Waals surface area (Å²) in [4.78, 5) is 2.36. The molecule has 0 radical (unpaired) electrons. The molecule has 2 rings (SSSR count). The summed E-state index contributed by atoms with van der Waals surface area (Å²) in [5.74, 6) is 0. The molecule has 2 N–H and O–H groups in total. The third kappa shape index (κ3) is 3.36. The van der Waals surface area contributed by atoms with E-state index in [1.807, 2.05) is 12.1 Å². The molecule has 1 saturated heterocycles. The smallest absolute Gasteiger partial charge is 0.0424 e. The van der Waals surface area contributed by atoms with Gasteiger partial charge in [-0.15, -0.1) is 0 Å². The Labute approximate surface area is 106 Å². The lowest BCUT2D eigenvalue weighted by atomic mass is 10.1. The second-order valence-corrected chi connectivity index (χ2v) is 5.29. The molecule has 0 amide bonds. The maximum atomic E-state index is 5.97. The largest absolute Gasteiger partial charge is 0.327 e. The Kier molecular flexibility index (Phi) is 4.09. The first-order valence-corrected chi connectivity index (χ1v) is 6.32. The van der Waals surface area contributed by atoms with E-state index >= 15 is 0 Å². The van der Waals surface area contributed by atoms with Crippen molar-refractivity contribution >= 4 is 23.2 Å². The van der Waals surface area contributed by atoms with Crippen LogP contribution >= 0.6 is 23.2 Å². The Hall–Kier alpha value is -0.280. The first-order valence-electron chi connectivity index (χ1n) is 5.56. The van der Waals surface area contributed by atoms with Gasteiger partial charge in [-0.1, -0.05) is 23.2 Å². The molecule has 1 aromatic carbocycles. The summed E-state index contributed by atoms with van der Waals surface area (Å²) in [5, 5.41) is 1.40. The number of hydrogen-bond acceptors (Lipinski definition) is 2. The summed E-state index contributed by atoms with van der Waals surface area (Å²) < 4.78 is 0. The Morgan fingerprint density at radius 3 is 2.56 bits per heavy atom. The van der Waals surface area contributed by atoms with E-state index in [-0.39, 0.29) is 0 Å². The number of piperidine rings is 1. The van der Waals surface area contributed by atoms with Gasteiger partial charge in [-0.25, -0.2) is 0 Å². The number of halogens is 2. The van der Waals surface area contributed by atoms with Crippen LogP contribution in [0.3, 0.4) is 0 Å². The van der Waals surface area contributed by atoms with Gasteiger partial charge in [0.15, 0.2) is 0 Å². The molecule has 1 atom stereocenters. The van der Waals surface area contributed by atoms with Crippen LogP contribution in [0.4, 0.5) is 0 Å². The molecule has 1 heterocycles. The zero-order valence-electron chi connectivity index (χ0n) is 9.13. The average Bonchev–Trinajstić information content (AvgIpc) is 2.15. The molecule has 0 saturated carbocycles. The van der Waals surface area contributed by atoms with Crippen molar-refractivity contribution in [1.29, 1.82) is 0 Å². The summed E-state index contributed by atoms with van der Waals surface area (Å²) in [6, 6.07) is 6.00. The fourth-order valence-electron chi connectivity index (χ4n) is 2.20. The van der Waals surface area contributed by atoms with Gasteiger partial charge >= 0.3 is 0 Å². The third-order valence-corrected chi connectivity index (χ3v) is 3.31. The Balaban J connectivity index is 2.02. The van der Waals surface area contributed by atoms with Crippen LogP contribution in [0.5, 0.6) is 0 Å². The molecule has 4 heteroatoms. The number of nitrogens with two attached hydrogens (primary N) is 1. The van der Waals surface area contributed by atoms with Crippen LogP contribution in [0.25, 0.3) is 0 Å². The van der Waals surface area contributed by atoms with Gasteiger partial charge in [-0.3, -0.25) is 4.90 Å². The SMILES string of the molecule is N[C@@H]1CCCN(Cc2cc(Cl)cc(Cl)c2)C1. The van der Waals surface area contributed by atoms with Gasteiger partial charge in [0.05, 0.1) is 0 Å². The fourth-order valence-corrected chi connectivity index (χ4v) is 2.77. The van der Waals surface area contributed by atoms with Gasteiger partial charge in [-0.05, 0) is 43.1 Å². The first-order chi connectivity index (χ1) is 7.63. The fraction of sp³-hybridized carbons (Fsp3) is 0.500. The predicted octanol–water partition coefficient (Wildman–Crippen LogP) is 2.92. The maximum Gasteiger partial charge on any atom is 0.0424 e. The molecular weight excluding hydrogens is 243 g/mol. The van der Waals surface area contributed by atoms with Crippen molar-refractivity contribution < 1.29 is 0 Å². The van der Waals surface area contributed by atoms with E-state index in [9.17, 15) is 0 Å². The van der Waals surface area contributed by atoms with Crippen molar-refractivity contribution in [3.63, 3.8) is 0 Å². The molecule has 0 aromatic heterocycles. The van der Waals surface area contributed by atoms with Crippen molar-refractivity contribution in [2.75, 3.05) is 13.1 Å². The normalized spacial score (nSPS) is 22.3. The van der Waals surface area contributed by atoms with Crippen molar-refractivity contribution in [1.82, 2.24) is 4.90 Å².